The quantitative estimate of drug-likeness (QED) is 0.407. The first-order valence-corrected chi connectivity index (χ1v) is 4.67. The topological polar surface area (TPSA) is 0 Å². The maximum atomic E-state index is 2.30. The Hall–Kier alpha value is -0.0862. The summed E-state index contributed by atoms with van der Waals surface area (Å²) in [5, 5.41) is 0. The Balaban J connectivity index is 3.00. The van der Waals surface area contributed by atoms with Gasteiger partial charge in [0.1, 0.15) is 0 Å². The van der Waals surface area contributed by atoms with Crippen LogP contribution in [0.5, 0.6) is 0 Å². The van der Waals surface area contributed by atoms with Crippen molar-refractivity contribution < 1.29 is 0 Å². The van der Waals surface area contributed by atoms with Gasteiger partial charge >= 0.3 is 0 Å². The van der Waals surface area contributed by atoms with Crippen LogP contribution in [0.15, 0.2) is 22.7 Å². The number of hydrogen-bond donors (Lipinski definition) is 0. The van der Waals surface area contributed by atoms with Gasteiger partial charge in [-0.25, -0.2) is 0 Å². The number of rotatable bonds is 0. The molecule has 1 rings (SSSR count). The van der Waals surface area contributed by atoms with Gasteiger partial charge in [0.15, 0.2) is 0 Å². The summed E-state index contributed by atoms with van der Waals surface area (Å²) < 4.78 is 0. The van der Waals surface area contributed by atoms with Gasteiger partial charge in [0.25, 0.3) is 0 Å². The first-order valence-electron chi connectivity index (χ1n) is 2.00. The smallest absolute Gasteiger partial charge is 0.0189 e. The molecule has 0 radical (unpaired) electrons. The highest BCUT2D eigenvalue weighted by atomic mass is 28.2. The van der Waals surface area contributed by atoms with Crippen molar-refractivity contribution in [1.29, 1.82) is 0 Å². The zero-order valence-corrected chi connectivity index (χ0v) is 5.77. The second kappa shape index (κ2) is 2.15. The molecule has 30 valence electrons. The van der Waals surface area contributed by atoms with Gasteiger partial charge in [0.05, 0.1) is 0 Å². The second-order valence-corrected chi connectivity index (χ2v) is 3.46. The molecule has 0 saturated carbocycles. The van der Waals surface area contributed by atoms with E-state index in [2.05, 4.69) is 22.7 Å². The van der Waals surface area contributed by atoms with Crippen LogP contribution >= 0.6 is 0 Å². The molecule has 1 aromatic rings. The van der Waals surface area contributed by atoms with E-state index in [1.54, 1.807) is 0 Å². The van der Waals surface area contributed by atoms with E-state index in [1.165, 1.54) is 0 Å². The van der Waals surface area contributed by atoms with Gasteiger partial charge in [-0.2, -0.15) is 0 Å². The molecule has 0 unspecified atom stereocenters. The van der Waals surface area contributed by atoms with E-state index >= 15 is 0 Å². The molecule has 0 spiro atoms. The van der Waals surface area contributed by atoms with E-state index in [4.69, 9.17) is 0 Å². The third-order valence-electron chi connectivity index (χ3n) is 0.667. The van der Waals surface area contributed by atoms with Crippen molar-refractivity contribution in [3.8, 4) is 0 Å². The molecule has 0 nitrogen and oxygen atoms in total. The molecule has 0 atom stereocenters. The molecule has 0 aliphatic rings. The van der Waals surface area contributed by atoms with Gasteiger partial charge in [0.2, 0.25) is 0 Å². The summed E-state index contributed by atoms with van der Waals surface area (Å²) in [6.07, 6.45) is 0. The minimum atomic E-state index is 0.565. The SMILES string of the molecule is c1c[siH]cc[siH]1. The van der Waals surface area contributed by atoms with Gasteiger partial charge in [0, 0.05) is 18.2 Å². The highest BCUT2D eigenvalue weighted by Crippen LogP contribution is 1.64. The third-order valence-corrected chi connectivity index (χ3v) is 3.33. The summed E-state index contributed by atoms with van der Waals surface area (Å²) in [4.78, 5) is 0. The van der Waals surface area contributed by atoms with Crippen molar-refractivity contribution in [2.75, 3.05) is 0 Å². The highest BCUT2D eigenvalue weighted by Gasteiger charge is 1.59. The van der Waals surface area contributed by atoms with Crippen molar-refractivity contribution in [2.45, 2.75) is 0 Å². The lowest BCUT2D eigenvalue weighted by Crippen LogP contribution is -1.68. The lowest BCUT2D eigenvalue weighted by molar-refractivity contribution is 2.16. The van der Waals surface area contributed by atoms with Gasteiger partial charge in [-0.1, -0.05) is 22.7 Å². The van der Waals surface area contributed by atoms with Crippen molar-refractivity contribution in [2.24, 2.45) is 0 Å². The van der Waals surface area contributed by atoms with Crippen LogP contribution < -0.4 is 0 Å². The van der Waals surface area contributed by atoms with Crippen LogP contribution in [0.3, 0.4) is 0 Å². The molecule has 0 amide bonds. The van der Waals surface area contributed by atoms with E-state index in [1.807, 2.05) is 0 Å². The van der Waals surface area contributed by atoms with E-state index in [0.29, 0.717) is 18.2 Å². The Morgan fingerprint density at radius 3 is 1.17 bits per heavy atom. The predicted molar refractivity (Wildman–Crippen MR) is 31.9 cm³/mol. The monoisotopic (exact) mass is 110 g/mol. The van der Waals surface area contributed by atoms with E-state index in [0.717, 1.165) is 0 Å². The van der Waals surface area contributed by atoms with Crippen LogP contribution in [0.2, 0.25) is 0 Å². The van der Waals surface area contributed by atoms with E-state index in [-0.39, 0.29) is 0 Å². The summed E-state index contributed by atoms with van der Waals surface area (Å²) in [6.45, 7) is 0. The van der Waals surface area contributed by atoms with Crippen LogP contribution in [0, 0.1) is 0 Å². The molecule has 0 bridgehead atoms. The zero-order chi connectivity index (χ0) is 4.24. The molecular weight excluding hydrogens is 104 g/mol. The fraction of sp³-hybridized carbons (Fsp3) is 0. The lowest BCUT2D eigenvalue weighted by Gasteiger charge is -1.68. The molecule has 6 heavy (non-hydrogen) atoms. The van der Waals surface area contributed by atoms with Crippen molar-refractivity contribution in [3.05, 3.63) is 22.7 Å². The molecule has 0 saturated heterocycles. The van der Waals surface area contributed by atoms with Crippen molar-refractivity contribution in [1.82, 2.24) is 0 Å². The van der Waals surface area contributed by atoms with Crippen LogP contribution in [-0.4, -0.2) is 18.2 Å². The fourth-order valence-corrected chi connectivity index (χ4v) is 2.69. The van der Waals surface area contributed by atoms with Gasteiger partial charge in [-0.05, 0) is 0 Å². The Morgan fingerprint density at radius 1 is 0.667 bits per heavy atom. The molecule has 0 aliphatic heterocycles. The second-order valence-electron chi connectivity index (χ2n) is 1.15. The average molecular weight is 110 g/mol. The molecule has 0 N–H and O–H groups in total. The zero-order valence-electron chi connectivity index (χ0n) is 3.46. The predicted octanol–water partition coefficient (Wildman–Crippen LogP) is -0.173. The largest absolute Gasteiger partial charge is 0.0850 e. The lowest BCUT2D eigenvalue weighted by atomic mass is 11.1. The summed E-state index contributed by atoms with van der Waals surface area (Å²) in [7, 11) is 1.13. The molecule has 0 aromatic carbocycles. The molecule has 0 fully saturated rings. The fourth-order valence-electron chi connectivity index (χ4n) is 0.385. The van der Waals surface area contributed by atoms with Crippen LogP contribution in [0.25, 0.3) is 0 Å². The maximum Gasteiger partial charge on any atom is 0.0189 e. The average Bonchev–Trinajstić information content (AvgIpc) is 1.72. The van der Waals surface area contributed by atoms with Crippen LogP contribution in [0.4, 0.5) is 0 Å². The normalized spacial score (nSPS) is 8.00. The minimum Gasteiger partial charge on any atom is -0.0850 e. The number of hydrogen-bond acceptors (Lipinski definition) is 0. The summed E-state index contributed by atoms with van der Waals surface area (Å²) >= 11 is 0. The molecule has 2 heteroatoms. The van der Waals surface area contributed by atoms with Gasteiger partial charge in [-0.3, -0.25) is 0 Å². The standard InChI is InChI=1S/C4H6Si2/c1-2-6-4-3-5-1/h1-6H. The van der Waals surface area contributed by atoms with E-state index in [9.17, 15) is 0 Å². The molecular formula is C4H6Si2. The van der Waals surface area contributed by atoms with Crippen molar-refractivity contribution >= 4 is 18.2 Å². The molecule has 1 heterocycles. The Kier molecular flexibility index (Phi) is 1.46. The maximum absolute atomic E-state index is 2.30. The Bertz CT molecular complexity index is 77.5. The van der Waals surface area contributed by atoms with Gasteiger partial charge < -0.3 is 0 Å². The summed E-state index contributed by atoms with van der Waals surface area (Å²) in [6, 6.07) is 0. The summed E-state index contributed by atoms with van der Waals surface area (Å²) in [5.41, 5.74) is 9.20. The first kappa shape index (κ1) is 4.08. The van der Waals surface area contributed by atoms with Crippen LogP contribution in [-0.2, 0) is 0 Å². The highest BCUT2D eigenvalue weighted by molar-refractivity contribution is 6.36. The van der Waals surface area contributed by atoms with Crippen molar-refractivity contribution in [3.63, 3.8) is 0 Å². The van der Waals surface area contributed by atoms with Gasteiger partial charge in [-0.15, -0.1) is 0 Å². The minimum absolute atomic E-state index is 0.565. The summed E-state index contributed by atoms with van der Waals surface area (Å²) in [5.74, 6) is 0. The Morgan fingerprint density at radius 2 is 1.00 bits per heavy atom. The first-order chi connectivity index (χ1) is 3.00. The van der Waals surface area contributed by atoms with Crippen LogP contribution in [0.1, 0.15) is 0 Å². The Labute approximate surface area is 41.7 Å². The third kappa shape index (κ3) is 0.950. The molecule has 1 aromatic heterocycles. The molecule has 0 aliphatic carbocycles. The van der Waals surface area contributed by atoms with E-state index < -0.39 is 0 Å².